The fourth-order valence-electron chi connectivity index (χ4n) is 3.13. The first-order valence-electron chi connectivity index (χ1n) is 10.0. The molecule has 1 saturated heterocycles. The van der Waals surface area contributed by atoms with E-state index < -0.39 is 47.6 Å². The van der Waals surface area contributed by atoms with E-state index in [1.54, 1.807) is 12.1 Å². The van der Waals surface area contributed by atoms with Crippen molar-refractivity contribution in [3.8, 4) is 0 Å². The van der Waals surface area contributed by atoms with Gasteiger partial charge in [-0.2, -0.15) is 13.2 Å². The van der Waals surface area contributed by atoms with Gasteiger partial charge >= 0.3 is 18.2 Å². The molecule has 7 nitrogen and oxygen atoms in total. The number of carbonyl (C=O) groups excluding carboxylic acids is 3. The Bertz CT molecular complexity index is 988. The second-order valence-electron chi connectivity index (χ2n) is 7.66. The highest BCUT2D eigenvalue weighted by molar-refractivity contribution is 5.98. The minimum atomic E-state index is -4.52. The fraction of sp³-hybridized carbons (Fsp3) is 0.348. The number of hydrogen-bond donors (Lipinski definition) is 1. The Morgan fingerprint density at radius 3 is 2.21 bits per heavy atom. The van der Waals surface area contributed by atoms with Crippen LogP contribution in [0.2, 0.25) is 0 Å². The van der Waals surface area contributed by atoms with Gasteiger partial charge in [0.05, 0.1) is 24.7 Å². The van der Waals surface area contributed by atoms with Crippen LogP contribution in [-0.2, 0) is 31.8 Å². The molecule has 1 atom stereocenters. The predicted octanol–water partition coefficient (Wildman–Crippen LogP) is 3.76. The van der Waals surface area contributed by atoms with Crippen molar-refractivity contribution in [2.24, 2.45) is 5.92 Å². The summed E-state index contributed by atoms with van der Waals surface area (Å²) in [7, 11) is 0. The molecule has 0 aromatic heterocycles. The standard InChI is InChI=1S/C23H22F3NO6/c1-15(20(29)32-12-19(28)17-7-9-18(10-8-17)23(24,25)26)22(13-31-14-22)27-21(30)33-11-16-5-3-2-4-6-16/h2-10,15H,11-14H2,1H3,(H,27,30). The van der Waals surface area contributed by atoms with Crippen LogP contribution in [-0.4, -0.2) is 43.2 Å². The maximum absolute atomic E-state index is 12.6. The Balaban J connectivity index is 1.52. The quantitative estimate of drug-likeness (QED) is 0.472. The maximum atomic E-state index is 12.6. The monoisotopic (exact) mass is 465 g/mol. The summed E-state index contributed by atoms with van der Waals surface area (Å²) in [5.74, 6) is -2.28. The lowest BCUT2D eigenvalue weighted by Crippen LogP contribution is -2.67. The number of alkyl halides is 3. The van der Waals surface area contributed by atoms with Crippen LogP contribution >= 0.6 is 0 Å². The number of rotatable bonds is 8. The van der Waals surface area contributed by atoms with Crippen molar-refractivity contribution in [1.29, 1.82) is 0 Å². The summed E-state index contributed by atoms with van der Waals surface area (Å²) in [6.45, 7) is 1.02. The largest absolute Gasteiger partial charge is 0.457 e. The van der Waals surface area contributed by atoms with Gasteiger partial charge in [-0.3, -0.25) is 9.59 Å². The van der Waals surface area contributed by atoms with Crippen molar-refractivity contribution in [3.05, 3.63) is 71.3 Å². The highest BCUT2D eigenvalue weighted by Crippen LogP contribution is 2.30. The van der Waals surface area contributed by atoms with Gasteiger partial charge in [0, 0.05) is 5.56 Å². The lowest BCUT2D eigenvalue weighted by Gasteiger charge is -2.44. The number of benzene rings is 2. The number of halogens is 3. The molecule has 0 aliphatic carbocycles. The van der Waals surface area contributed by atoms with Crippen LogP contribution in [0.4, 0.5) is 18.0 Å². The van der Waals surface area contributed by atoms with Gasteiger partial charge < -0.3 is 19.5 Å². The number of nitrogens with one attached hydrogen (secondary N) is 1. The first-order chi connectivity index (χ1) is 15.6. The average molecular weight is 465 g/mol. The van der Waals surface area contributed by atoms with Gasteiger partial charge in [0.25, 0.3) is 0 Å². The summed E-state index contributed by atoms with van der Waals surface area (Å²) in [6.07, 6.45) is -5.25. The summed E-state index contributed by atoms with van der Waals surface area (Å²) in [4.78, 5) is 36.9. The normalized spacial score (nSPS) is 15.6. The summed E-state index contributed by atoms with van der Waals surface area (Å²) < 4.78 is 53.3. The lowest BCUT2D eigenvalue weighted by molar-refractivity contribution is -0.162. The zero-order valence-corrected chi connectivity index (χ0v) is 17.7. The van der Waals surface area contributed by atoms with Crippen LogP contribution in [0.1, 0.15) is 28.4 Å². The van der Waals surface area contributed by atoms with E-state index in [2.05, 4.69) is 5.32 Å². The average Bonchev–Trinajstić information content (AvgIpc) is 2.78. The second-order valence-corrected chi connectivity index (χ2v) is 7.66. The van der Waals surface area contributed by atoms with E-state index in [0.717, 1.165) is 29.8 Å². The summed E-state index contributed by atoms with van der Waals surface area (Å²) in [6, 6.07) is 12.6. The molecule has 1 aliphatic heterocycles. The van der Waals surface area contributed by atoms with E-state index in [1.807, 2.05) is 18.2 Å². The third kappa shape index (κ3) is 6.10. The van der Waals surface area contributed by atoms with E-state index in [0.29, 0.717) is 0 Å². The Morgan fingerprint density at radius 2 is 1.67 bits per heavy atom. The van der Waals surface area contributed by atoms with Crippen LogP contribution in [0.3, 0.4) is 0 Å². The molecule has 176 valence electrons. The van der Waals surface area contributed by atoms with E-state index in [4.69, 9.17) is 14.2 Å². The highest BCUT2D eigenvalue weighted by Gasteiger charge is 2.49. The Hall–Kier alpha value is -3.40. The zero-order valence-electron chi connectivity index (χ0n) is 17.7. The molecule has 0 spiro atoms. The molecule has 2 aromatic carbocycles. The van der Waals surface area contributed by atoms with E-state index in [-0.39, 0.29) is 25.4 Å². The Morgan fingerprint density at radius 1 is 1.03 bits per heavy atom. The van der Waals surface area contributed by atoms with Crippen molar-refractivity contribution in [2.75, 3.05) is 19.8 Å². The number of ether oxygens (including phenoxy) is 3. The third-order valence-corrected chi connectivity index (χ3v) is 5.35. The summed E-state index contributed by atoms with van der Waals surface area (Å²) >= 11 is 0. The second kappa shape index (κ2) is 10.0. The van der Waals surface area contributed by atoms with Crippen LogP contribution in [0.5, 0.6) is 0 Å². The molecule has 1 unspecified atom stereocenters. The molecule has 0 bridgehead atoms. The van der Waals surface area contributed by atoms with Crippen molar-refractivity contribution in [1.82, 2.24) is 5.32 Å². The Labute approximate surface area is 187 Å². The van der Waals surface area contributed by atoms with Gasteiger partial charge in [0.1, 0.15) is 12.1 Å². The summed E-state index contributed by atoms with van der Waals surface area (Å²) in [5.41, 5.74) is -1.17. The van der Waals surface area contributed by atoms with Crippen molar-refractivity contribution in [3.63, 3.8) is 0 Å². The van der Waals surface area contributed by atoms with Crippen molar-refractivity contribution >= 4 is 17.8 Å². The minimum Gasteiger partial charge on any atom is -0.457 e. The Kier molecular flexibility index (Phi) is 7.37. The lowest BCUT2D eigenvalue weighted by atomic mass is 9.83. The van der Waals surface area contributed by atoms with Crippen LogP contribution in [0, 0.1) is 5.92 Å². The van der Waals surface area contributed by atoms with E-state index >= 15 is 0 Å². The number of hydrogen-bond acceptors (Lipinski definition) is 6. The topological polar surface area (TPSA) is 90.9 Å². The molecular weight excluding hydrogens is 443 g/mol. The van der Waals surface area contributed by atoms with Crippen LogP contribution < -0.4 is 5.32 Å². The molecular formula is C23H22F3NO6. The van der Waals surface area contributed by atoms with E-state index in [9.17, 15) is 27.6 Å². The zero-order chi connectivity index (χ0) is 24.1. The van der Waals surface area contributed by atoms with Gasteiger partial charge in [-0.15, -0.1) is 0 Å². The molecule has 1 amide bonds. The molecule has 1 fully saturated rings. The SMILES string of the molecule is CC(C(=O)OCC(=O)c1ccc(C(F)(F)F)cc1)C1(NC(=O)OCc2ccccc2)COC1. The van der Waals surface area contributed by atoms with Gasteiger partial charge in [-0.25, -0.2) is 4.79 Å². The summed E-state index contributed by atoms with van der Waals surface area (Å²) in [5, 5.41) is 2.64. The van der Waals surface area contributed by atoms with Crippen LogP contribution in [0.15, 0.2) is 54.6 Å². The molecule has 1 heterocycles. The van der Waals surface area contributed by atoms with Gasteiger partial charge in [0.15, 0.2) is 12.4 Å². The molecule has 2 aromatic rings. The number of esters is 1. The molecule has 1 N–H and O–H groups in total. The van der Waals surface area contributed by atoms with Gasteiger partial charge in [0.2, 0.25) is 0 Å². The van der Waals surface area contributed by atoms with Gasteiger partial charge in [-0.1, -0.05) is 42.5 Å². The molecule has 0 saturated carbocycles. The maximum Gasteiger partial charge on any atom is 0.416 e. The van der Waals surface area contributed by atoms with Gasteiger partial charge in [-0.05, 0) is 24.6 Å². The van der Waals surface area contributed by atoms with Crippen molar-refractivity contribution in [2.45, 2.75) is 25.2 Å². The number of ketones is 1. The molecule has 3 rings (SSSR count). The first kappa shape index (κ1) is 24.2. The number of carbonyl (C=O) groups is 3. The minimum absolute atomic E-state index is 0.0206. The predicted molar refractivity (Wildman–Crippen MR) is 109 cm³/mol. The number of amides is 1. The fourth-order valence-corrected chi connectivity index (χ4v) is 3.13. The van der Waals surface area contributed by atoms with E-state index in [1.165, 1.54) is 6.92 Å². The molecule has 1 aliphatic rings. The first-order valence-corrected chi connectivity index (χ1v) is 10.0. The number of alkyl carbamates (subject to hydrolysis) is 1. The van der Waals surface area contributed by atoms with Crippen LogP contribution in [0.25, 0.3) is 0 Å². The number of Topliss-reactive ketones (excluding diaryl/α,β-unsaturated/α-hetero) is 1. The third-order valence-electron chi connectivity index (χ3n) is 5.35. The molecule has 33 heavy (non-hydrogen) atoms. The van der Waals surface area contributed by atoms with Crippen molar-refractivity contribution < 1.29 is 41.8 Å². The molecule has 10 heteroatoms. The smallest absolute Gasteiger partial charge is 0.416 e. The highest BCUT2D eigenvalue weighted by atomic mass is 19.4. The molecule has 0 radical (unpaired) electrons.